The van der Waals surface area contributed by atoms with Crippen molar-refractivity contribution in [2.24, 2.45) is 0 Å². The molecular formula is C12H12F2N4O. The molecule has 19 heavy (non-hydrogen) atoms. The minimum Gasteiger partial charge on any atom is -0.354 e. The van der Waals surface area contributed by atoms with Gasteiger partial charge in [0.1, 0.15) is 12.7 Å². The Morgan fingerprint density at radius 1 is 1.32 bits per heavy atom. The van der Waals surface area contributed by atoms with Crippen molar-refractivity contribution in [1.82, 2.24) is 20.1 Å². The Kier molecular flexibility index (Phi) is 4.17. The van der Waals surface area contributed by atoms with Crippen LogP contribution in [0.25, 0.3) is 0 Å². The molecule has 0 saturated heterocycles. The number of halogens is 2. The van der Waals surface area contributed by atoms with Gasteiger partial charge >= 0.3 is 0 Å². The Labute approximate surface area is 108 Å². The molecule has 2 aromatic rings. The molecule has 0 saturated carbocycles. The van der Waals surface area contributed by atoms with Gasteiger partial charge in [-0.15, -0.1) is 0 Å². The fourth-order valence-corrected chi connectivity index (χ4v) is 1.56. The number of amides is 1. The normalized spacial score (nSPS) is 10.4. The van der Waals surface area contributed by atoms with Crippen LogP contribution in [-0.4, -0.2) is 27.2 Å². The molecule has 0 radical (unpaired) electrons. The Balaban J connectivity index is 1.79. The number of nitrogens with zero attached hydrogens (tertiary/aromatic N) is 3. The number of nitrogens with one attached hydrogen (secondary N) is 1. The Morgan fingerprint density at radius 3 is 2.84 bits per heavy atom. The van der Waals surface area contributed by atoms with Crippen molar-refractivity contribution in [3.63, 3.8) is 0 Å². The van der Waals surface area contributed by atoms with Crippen molar-refractivity contribution >= 4 is 5.91 Å². The van der Waals surface area contributed by atoms with E-state index in [0.29, 0.717) is 18.7 Å². The maximum atomic E-state index is 12.9. The molecule has 7 heteroatoms. The molecule has 0 bridgehead atoms. The van der Waals surface area contributed by atoms with Gasteiger partial charge in [-0.2, -0.15) is 5.10 Å². The van der Waals surface area contributed by atoms with Gasteiger partial charge in [0, 0.05) is 6.54 Å². The topological polar surface area (TPSA) is 59.8 Å². The third-order valence-corrected chi connectivity index (χ3v) is 2.48. The van der Waals surface area contributed by atoms with E-state index >= 15 is 0 Å². The molecule has 0 fully saturated rings. The largest absolute Gasteiger partial charge is 0.354 e. The molecule has 1 N–H and O–H groups in total. The van der Waals surface area contributed by atoms with E-state index in [2.05, 4.69) is 15.4 Å². The first kappa shape index (κ1) is 13.1. The molecular weight excluding hydrogens is 254 g/mol. The number of rotatable bonds is 5. The van der Waals surface area contributed by atoms with Crippen molar-refractivity contribution in [3.8, 4) is 0 Å². The molecule has 1 aromatic carbocycles. The first-order chi connectivity index (χ1) is 9.15. The minimum absolute atomic E-state index is 0.00849. The summed E-state index contributed by atoms with van der Waals surface area (Å²) in [4.78, 5) is 15.3. The zero-order valence-corrected chi connectivity index (χ0v) is 10.0. The quantitative estimate of drug-likeness (QED) is 0.875. The van der Waals surface area contributed by atoms with E-state index in [9.17, 15) is 13.6 Å². The van der Waals surface area contributed by atoms with Crippen LogP contribution in [0.4, 0.5) is 8.78 Å². The standard InChI is InChI=1S/C12H12F2N4O/c13-10-2-1-9(5-11(10)14)6-12(19)16-3-4-18-8-15-7-17-18/h1-2,5,7-8H,3-4,6H2,(H,16,19). The summed E-state index contributed by atoms with van der Waals surface area (Å²) in [6, 6.07) is 3.41. The molecule has 100 valence electrons. The van der Waals surface area contributed by atoms with E-state index in [4.69, 9.17) is 0 Å². The lowest BCUT2D eigenvalue weighted by molar-refractivity contribution is -0.120. The molecule has 0 aliphatic carbocycles. The van der Waals surface area contributed by atoms with Crippen LogP contribution in [-0.2, 0) is 17.8 Å². The van der Waals surface area contributed by atoms with Crippen LogP contribution < -0.4 is 5.32 Å². The molecule has 0 aliphatic rings. The summed E-state index contributed by atoms with van der Waals surface area (Å²) in [7, 11) is 0. The van der Waals surface area contributed by atoms with Gasteiger partial charge in [-0.25, -0.2) is 13.8 Å². The Hall–Kier alpha value is -2.31. The summed E-state index contributed by atoms with van der Waals surface area (Å²) >= 11 is 0. The smallest absolute Gasteiger partial charge is 0.224 e. The molecule has 1 heterocycles. The predicted molar refractivity (Wildman–Crippen MR) is 63.1 cm³/mol. The van der Waals surface area contributed by atoms with Gasteiger partial charge in [0.05, 0.1) is 13.0 Å². The van der Waals surface area contributed by atoms with E-state index < -0.39 is 11.6 Å². The van der Waals surface area contributed by atoms with E-state index in [1.165, 1.54) is 12.4 Å². The summed E-state index contributed by atoms with van der Waals surface area (Å²) in [5.74, 6) is -2.13. The van der Waals surface area contributed by atoms with Gasteiger partial charge in [-0.3, -0.25) is 9.48 Å². The van der Waals surface area contributed by atoms with Crippen LogP contribution in [0.3, 0.4) is 0 Å². The van der Waals surface area contributed by atoms with E-state index in [0.717, 1.165) is 12.1 Å². The van der Waals surface area contributed by atoms with Crippen molar-refractivity contribution in [2.45, 2.75) is 13.0 Å². The highest BCUT2D eigenvalue weighted by Crippen LogP contribution is 2.08. The highest BCUT2D eigenvalue weighted by Gasteiger charge is 2.06. The van der Waals surface area contributed by atoms with Crippen LogP contribution in [0.15, 0.2) is 30.9 Å². The molecule has 2 rings (SSSR count). The van der Waals surface area contributed by atoms with Crippen molar-refractivity contribution in [1.29, 1.82) is 0 Å². The predicted octanol–water partition coefficient (Wildman–Crippen LogP) is 0.915. The van der Waals surface area contributed by atoms with Crippen LogP contribution in [0.5, 0.6) is 0 Å². The Bertz CT molecular complexity index is 557. The fourth-order valence-electron chi connectivity index (χ4n) is 1.56. The summed E-state index contributed by atoms with van der Waals surface area (Å²) in [5, 5.41) is 6.54. The van der Waals surface area contributed by atoms with Crippen LogP contribution in [0.1, 0.15) is 5.56 Å². The SMILES string of the molecule is O=C(Cc1ccc(F)c(F)c1)NCCn1cncn1. The van der Waals surface area contributed by atoms with Crippen LogP contribution >= 0.6 is 0 Å². The summed E-state index contributed by atoms with van der Waals surface area (Å²) in [6.45, 7) is 0.898. The summed E-state index contributed by atoms with van der Waals surface area (Å²) < 4.78 is 27.2. The number of carbonyl (C=O) groups is 1. The first-order valence-corrected chi connectivity index (χ1v) is 5.68. The van der Waals surface area contributed by atoms with Gasteiger partial charge in [-0.1, -0.05) is 6.07 Å². The number of aromatic nitrogens is 3. The number of hydrogen-bond donors (Lipinski definition) is 1. The maximum Gasteiger partial charge on any atom is 0.224 e. The van der Waals surface area contributed by atoms with Gasteiger partial charge < -0.3 is 5.32 Å². The van der Waals surface area contributed by atoms with Gasteiger partial charge in [-0.05, 0) is 17.7 Å². The lowest BCUT2D eigenvalue weighted by Crippen LogP contribution is -2.28. The second-order valence-corrected chi connectivity index (χ2v) is 3.93. The first-order valence-electron chi connectivity index (χ1n) is 5.68. The van der Waals surface area contributed by atoms with Crippen molar-refractivity contribution in [3.05, 3.63) is 48.1 Å². The average Bonchev–Trinajstić information content (AvgIpc) is 2.87. The number of benzene rings is 1. The lowest BCUT2D eigenvalue weighted by Gasteiger charge is -2.05. The lowest BCUT2D eigenvalue weighted by atomic mass is 10.1. The highest BCUT2D eigenvalue weighted by atomic mass is 19.2. The zero-order valence-electron chi connectivity index (χ0n) is 10.0. The molecule has 1 aromatic heterocycles. The molecule has 1 amide bonds. The number of carbonyl (C=O) groups excluding carboxylic acids is 1. The number of hydrogen-bond acceptors (Lipinski definition) is 3. The fraction of sp³-hybridized carbons (Fsp3) is 0.250. The van der Waals surface area contributed by atoms with E-state index in [1.54, 1.807) is 11.0 Å². The molecule has 0 aliphatic heterocycles. The molecule has 0 atom stereocenters. The maximum absolute atomic E-state index is 12.9. The van der Waals surface area contributed by atoms with Crippen LogP contribution in [0.2, 0.25) is 0 Å². The van der Waals surface area contributed by atoms with E-state index in [-0.39, 0.29) is 12.3 Å². The second kappa shape index (κ2) is 6.03. The van der Waals surface area contributed by atoms with Gasteiger partial charge in [0.25, 0.3) is 0 Å². The van der Waals surface area contributed by atoms with E-state index in [1.807, 2.05) is 0 Å². The summed E-state index contributed by atoms with van der Waals surface area (Å²) in [5.41, 5.74) is 0.428. The summed E-state index contributed by atoms with van der Waals surface area (Å²) in [6.07, 6.45) is 2.96. The highest BCUT2D eigenvalue weighted by molar-refractivity contribution is 5.78. The van der Waals surface area contributed by atoms with Gasteiger partial charge in [0.2, 0.25) is 5.91 Å². The molecule has 0 unspecified atom stereocenters. The van der Waals surface area contributed by atoms with Crippen LogP contribution in [0, 0.1) is 11.6 Å². The third-order valence-electron chi connectivity index (χ3n) is 2.48. The average molecular weight is 266 g/mol. The zero-order chi connectivity index (χ0) is 13.7. The third kappa shape index (κ3) is 3.84. The van der Waals surface area contributed by atoms with Gasteiger partial charge in [0.15, 0.2) is 11.6 Å². The monoisotopic (exact) mass is 266 g/mol. The second-order valence-electron chi connectivity index (χ2n) is 3.93. The molecule has 0 spiro atoms. The van der Waals surface area contributed by atoms with Crippen molar-refractivity contribution < 1.29 is 13.6 Å². The van der Waals surface area contributed by atoms with Crippen molar-refractivity contribution in [2.75, 3.05) is 6.54 Å². The minimum atomic E-state index is -0.951. The Morgan fingerprint density at radius 2 is 2.16 bits per heavy atom. The molecule has 5 nitrogen and oxygen atoms in total.